The molecule has 29 heavy (non-hydrogen) atoms. The van der Waals surface area contributed by atoms with Crippen LogP contribution in [0.2, 0.25) is 0 Å². The summed E-state index contributed by atoms with van der Waals surface area (Å²) in [7, 11) is 3.79. The van der Waals surface area contributed by atoms with Crippen molar-refractivity contribution in [2.45, 2.75) is 19.4 Å². The lowest BCUT2D eigenvalue weighted by Crippen LogP contribution is -2.39. The van der Waals surface area contributed by atoms with Gasteiger partial charge >= 0.3 is 0 Å². The minimum absolute atomic E-state index is 0. The molecule has 0 amide bonds. The average molecular weight is 506 g/mol. The van der Waals surface area contributed by atoms with Crippen molar-refractivity contribution in [1.82, 2.24) is 25.0 Å². The maximum Gasteiger partial charge on any atom is 0.226 e. The molecule has 1 N–H and O–H groups in total. The van der Waals surface area contributed by atoms with Gasteiger partial charge < -0.3 is 14.6 Å². The Morgan fingerprint density at radius 2 is 2.14 bits per heavy atom. The highest BCUT2D eigenvalue weighted by Crippen LogP contribution is 2.21. The van der Waals surface area contributed by atoms with Crippen molar-refractivity contribution in [2.75, 3.05) is 20.1 Å². The number of nitrogens with zero attached hydrogens (tertiary/aromatic N) is 5. The first-order valence-corrected chi connectivity index (χ1v) is 9.64. The summed E-state index contributed by atoms with van der Waals surface area (Å²) in [6.45, 7) is 2.61. The second-order valence-corrected chi connectivity index (χ2v) is 7.24. The first kappa shape index (κ1) is 21.4. The van der Waals surface area contributed by atoms with Crippen LogP contribution in [-0.4, -0.2) is 45.8 Å². The van der Waals surface area contributed by atoms with Crippen LogP contribution < -0.4 is 5.32 Å². The van der Waals surface area contributed by atoms with E-state index >= 15 is 0 Å². The van der Waals surface area contributed by atoms with Crippen LogP contribution in [0.5, 0.6) is 0 Å². The molecular formula is C21H27IN6O. The molecule has 0 spiro atoms. The van der Waals surface area contributed by atoms with Crippen LogP contribution in [0.4, 0.5) is 0 Å². The molecule has 1 aliphatic heterocycles. The largest absolute Gasteiger partial charge is 0.444 e. The highest BCUT2D eigenvalue weighted by molar-refractivity contribution is 14.0. The molecule has 2 aromatic heterocycles. The molecule has 1 aromatic carbocycles. The molecule has 7 nitrogen and oxygen atoms in total. The predicted molar refractivity (Wildman–Crippen MR) is 124 cm³/mol. The lowest BCUT2D eigenvalue weighted by Gasteiger charge is -2.21. The van der Waals surface area contributed by atoms with Crippen LogP contribution in [-0.2, 0) is 20.0 Å². The lowest BCUT2D eigenvalue weighted by molar-refractivity contribution is 0.459. The van der Waals surface area contributed by atoms with Crippen molar-refractivity contribution < 1.29 is 4.42 Å². The van der Waals surface area contributed by atoms with Gasteiger partial charge in [0.15, 0.2) is 5.96 Å². The van der Waals surface area contributed by atoms with Gasteiger partial charge in [-0.05, 0) is 36.5 Å². The van der Waals surface area contributed by atoms with Gasteiger partial charge in [-0.1, -0.05) is 18.2 Å². The van der Waals surface area contributed by atoms with Gasteiger partial charge in [-0.3, -0.25) is 9.67 Å². The maximum absolute atomic E-state index is 5.62. The van der Waals surface area contributed by atoms with E-state index in [4.69, 9.17) is 4.42 Å². The van der Waals surface area contributed by atoms with Crippen molar-refractivity contribution in [1.29, 1.82) is 0 Å². The molecule has 1 fully saturated rings. The molecule has 0 bridgehead atoms. The molecular weight excluding hydrogens is 479 g/mol. The maximum atomic E-state index is 5.62. The fraction of sp³-hybridized carbons (Fsp3) is 0.381. The minimum atomic E-state index is 0. The van der Waals surface area contributed by atoms with Crippen LogP contribution in [0.15, 0.2) is 58.4 Å². The summed E-state index contributed by atoms with van der Waals surface area (Å²) in [5, 5.41) is 7.68. The summed E-state index contributed by atoms with van der Waals surface area (Å²) in [6, 6.07) is 9.93. The van der Waals surface area contributed by atoms with Crippen LogP contribution in [0.25, 0.3) is 11.5 Å². The Kier molecular flexibility index (Phi) is 7.29. The van der Waals surface area contributed by atoms with Gasteiger partial charge in [0.2, 0.25) is 5.89 Å². The van der Waals surface area contributed by atoms with Gasteiger partial charge in [-0.2, -0.15) is 5.10 Å². The first-order chi connectivity index (χ1) is 13.7. The second-order valence-electron chi connectivity index (χ2n) is 7.24. The number of benzene rings is 1. The van der Waals surface area contributed by atoms with Gasteiger partial charge in [0.25, 0.3) is 0 Å². The third kappa shape index (κ3) is 5.37. The normalized spacial score (nSPS) is 16.7. The van der Waals surface area contributed by atoms with E-state index in [0.717, 1.165) is 43.1 Å². The number of hydrogen-bond acceptors (Lipinski definition) is 4. The summed E-state index contributed by atoms with van der Waals surface area (Å²) in [5.74, 6) is 2.18. The molecule has 1 aliphatic rings. The molecule has 0 aliphatic carbocycles. The van der Waals surface area contributed by atoms with E-state index in [1.54, 1.807) is 6.26 Å². The summed E-state index contributed by atoms with van der Waals surface area (Å²) in [6.07, 6.45) is 8.00. The molecule has 1 unspecified atom stereocenters. The third-order valence-corrected chi connectivity index (χ3v) is 5.08. The molecule has 0 saturated carbocycles. The smallest absolute Gasteiger partial charge is 0.226 e. The Morgan fingerprint density at radius 1 is 1.31 bits per heavy atom. The molecule has 4 rings (SSSR count). The van der Waals surface area contributed by atoms with E-state index in [1.165, 1.54) is 5.56 Å². The SMILES string of the molecule is CN=C(NCc1coc(-c2ccccc2)n1)N1CCC(Cc2cnn(C)c2)C1.I. The van der Waals surface area contributed by atoms with Crippen LogP contribution in [0.1, 0.15) is 17.7 Å². The highest BCUT2D eigenvalue weighted by atomic mass is 127. The number of aromatic nitrogens is 3. The minimum Gasteiger partial charge on any atom is -0.444 e. The zero-order valence-corrected chi connectivity index (χ0v) is 19.1. The van der Waals surface area contributed by atoms with Gasteiger partial charge in [0, 0.05) is 38.9 Å². The number of aliphatic imine (C=N–C) groups is 1. The zero-order chi connectivity index (χ0) is 19.3. The van der Waals surface area contributed by atoms with Crippen molar-refractivity contribution in [3.05, 3.63) is 60.2 Å². The van der Waals surface area contributed by atoms with Gasteiger partial charge in [0.1, 0.15) is 6.26 Å². The van der Waals surface area contributed by atoms with Gasteiger partial charge in [0.05, 0.1) is 18.4 Å². The summed E-state index contributed by atoms with van der Waals surface area (Å²) >= 11 is 0. The Labute approximate surface area is 188 Å². The van der Waals surface area contributed by atoms with E-state index in [1.807, 2.05) is 55.3 Å². The van der Waals surface area contributed by atoms with Crippen molar-refractivity contribution >= 4 is 29.9 Å². The molecule has 3 aromatic rings. The van der Waals surface area contributed by atoms with Crippen LogP contribution >= 0.6 is 24.0 Å². The van der Waals surface area contributed by atoms with Crippen LogP contribution in [0, 0.1) is 5.92 Å². The number of guanidine groups is 1. The summed E-state index contributed by atoms with van der Waals surface area (Å²) in [5.41, 5.74) is 3.15. The van der Waals surface area contributed by atoms with Gasteiger partial charge in [-0.25, -0.2) is 4.98 Å². The molecule has 154 valence electrons. The molecule has 0 radical (unpaired) electrons. The van der Waals surface area contributed by atoms with Crippen molar-refractivity contribution in [2.24, 2.45) is 18.0 Å². The van der Waals surface area contributed by atoms with E-state index in [9.17, 15) is 0 Å². The van der Waals surface area contributed by atoms with Crippen molar-refractivity contribution in [3.8, 4) is 11.5 Å². The molecule has 3 heterocycles. The Balaban J connectivity index is 0.00000240. The van der Waals surface area contributed by atoms with E-state index < -0.39 is 0 Å². The number of halogens is 1. The second kappa shape index (κ2) is 9.91. The molecule has 1 atom stereocenters. The fourth-order valence-corrected chi connectivity index (χ4v) is 3.71. The molecule has 1 saturated heterocycles. The number of oxazole rings is 1. The van der Waals surface area contributed by atoms with Crippen LogP contribution in [0.3, 0.4) is 0 Å². The number of hydrogen-bond donors (Lipinski definition) is 1. The zero-order valence-electron chi connectivity index (χ0n) is 16.8. The number of aryl methyl sites for hydroxylation is 1. The lowest BCUT2D eigenvalue weighted by atomic mass is 10.0. The third-order valence-electron chi connectivity index (χ3n) is 5.08. The van der Waals surface area contributed by atoms with Crippen molar-refractivity contribution in [3.63, 3.8) is 0 Å². The first-order valence-electron chi connectivity index (χ1n) is 9.64. The van der Waals surface area contributed by atoms with Gasteiger partial charge in [-0.15, -0.1) is 24.0 Å². The quantitative estimate of drug-likeness (QED) is 0.327. The monoisotopic (exact) mass is 506 g/mol. The molecule has 8 heteroatoms. The number of likely N-dealkylation sites (tertiary alicyclic amines) is 1. The topological polar surface area (TPSA) is 71.5 Å². The Morgan fingerprint density at radius 3 is 2.86 bits per heavy atom. The predicted octanol–water partition coefficient (Wildman–Crippen LogP) is 3.33. The number of rotatable bonds is 5. The Bertz CT molecular complexity index is 936. The van der Waals surface area contributed by atoms with E-state index in [-0.39, 0.29) is 24.0 Å². The average Bonchev–Trinajstić information content (AvgIpc) is 3.45. The highest BCUT2D eigenvalue weighted by Gasteiger charge is 2.25. The number of nitrogens with one attached hydrogen (secondary N) is 1. The standard InChI is InChI=1S/C21H26N6O.HI/c1-22-21(27-9-8-16(14-27)10-17-11-24-26(2)13-17)23-12-19-15-28-20(25-19)18-6-4-3-5-7-18;/h3-7,11,13,15-16H,8-10,12,14H2,1-2H3,(H,22,23);1H. The summed E-state index contributed by atoms with van der Waals surface area (Å²) < 4.78 is 7.48. The Hall–Kier alpha value is -2.36. The van der Waals surface area contributed by atoms with E-state index in [2.05, 4.69) is 31.5 Å². The van der Waals surface area contributed by atoms with E-state index in [0.29, 0.717) is 18.4 Å². The fourth-order valence-electron chi connectivity index (χ4n) is 3.71. The summed E-state index contributed by atoms with van der Waals surface area (Å²) in [4.78, 5) is 11.3.